The van der Waals surface area contributed by atoms with E-state index in [4.69, 9.17) is 0 Å². The number of hydrogen-bond donors (Lipinski definition) is 2. The molecule has 1 unspecified atom stereocenters. The van der Waals surface area contributed by atoms with Crippen LogP contribution in [-0.4, -0.2) is 38.0 Å². The number of nitrogens with zero attached hydrogens (tertiary/aromatic N) is 1. The summed E-state index contributed by atoms with van der Waals surface area (Å²) in [6.45, 7) is 1.68. The molecule has 1 aromatic carbocycles. The molecule has 1 aliphatic rings. The Morgan fingerprint density at radius 3 is 2.94 bits per heavy atom. The largest absolute Gasteiger partial charge is 0.324 e. The van der Waals surface area contributed by atoms with Crippen LogP contribution in [0.3, 0.4) is 0 Å². The Kier molecular flexibility index (Phi) is 3.93. The highest BCUT2D eigenvalue weighted by atomic mass is 19.1. The highest BCUT2D eigenvalue weighted by molar-refractivity contribution is 6.02. The number of anilines is 1. The van der Waals surface area contributed by atoms with Crippen molar-refractivity contribution < 1.29 is 9.18 Å². The molecule has 2 N–H and O–H groups in total. The molecule has 0 spiro atoms. The fourth-order valence-electron chi connectivity index (χ4n) is 2.08. The molecular formula is C13H18FN3O. The van der Waals surface area contributed by atoms with Gasteiger partial charge in [0.05, 0.1) is 0 Å². The lowest BCUT2D eigenvalue weighted by atomic mass is 10.1. The Morgan fingerprint density at radius 2 is 2.22 bits per heavy atom. The summed E-state index contributed by atoms with van der Waals surface area (Å²) in [5, 5.41) is 5.91. The van der Waals surface area contributed by atoms with Gasteiger partial charge in [0.15, 0.2) is 0 Å². The second kappa shape index (κ2) is 5.46. The molecule has 1 heterocycles. The zero-order chi connectivity index (χ0) is 13.1. The molecule has 0 aliphatic carbocycles. The number of amides is 1. The van der Waals surface area contributed by atoms with Gasteiger partial charge in [0, 0.05) is 11.3 Å². The molecule has 0 radical (unpaired) electrons. The van der Waals surface area contributed by atoms with Gasteiger partial charge in [-0.25, -0.2) is 4.39 Å². The lowest BCUT2D eigenvalue weighted by Crippen LogP contribution is -2.29. The number of carbonyl (C=O) groups is 1. The lowest BCUT2D eigenvalue weighted by molar-refractivity contribution is -0.117. The van der Waals surface area contributed by atoms with Crippen LogP contribution < -0.4 is 10.6 Å². The van der Waals surface area contributed by atoms with E-state index < -0.39 is 6.04 Å². The Labute approximate surface area is 106 Å². The SMILES string of the molecule is CN(C)CCCNC1C(=O)Nc2ccc(F)cc21. The van der Waals surface area contributed by atoms with Crippen molar-refractivity contribution in [3.8, 4) is 0 Å². The minimum absolute atomic E-state index is 0.111. The van der Waals surface area contributed by atoms with Gasteiger partial charge < -0.3 is 15.5 Å². The fraction of sp³-hybridized carbons (Fsp3) is 0.462. The molecule has 2 rings (SSSR count). The maximum Gasteiger partial charge on any atom is 0.246 e. The molecule has 1 aromatic rings. The number of halogens is 1. The average Bonchev–Trinajstić information content (AvgIpc) is 2.60. The first-order valence-corrected chi connectivity index (χ1v) is 6.06. The summed E-state index contributed by atoms with van der Waals surface area (Å²) in [4.78, 5) is 13.9. The summed E-state index contributed by atoms with van der Waals surface area (Å²) in [7, 11) is 4.01. The van der Waals surface area contributed by atoms with E-state index in [1.54, 1.807) is 6.07 Å². The minimum atomic E-state index is -0.433. The first-order chi connectivity index (χ1) is 8.58. The van der Waals surface area contributed by atoms with Gasteiger partial charge in [-0.05, 0) is 51.8 Å². The van der Waals surface area contributed by atoms with Crippen molar-refractivity contribution in [1.29, 1.82) is 0 Å². The number of rotatable bonds is 5. The number of fused-ring (bicyclic) bond motifs is 1. The van der Waals surface area contributed by atoms with E-state index in [-0.39, 0.29) is 11.7 Å². The monoisotopic (exact) mass is 251 g/mol. The van der Waals surface area contributed by atoms with Gasteiger partial charge in [-0.15, -0.1) is 0 Å². The van der Waals surface area contributed by atoms with Crippen molar-refractivity contribution in [3.63, 3.8) is 0 Å². The quantitative estimate of drug-likeness (QED) is 0.777. The van der Waals surface area contributed by atoms with Crippen LogP contribution >= 0.6 is 0 Å². The summed E-state index contributed by atoms with van der Waals surface area (Å²) in [5.41, 5.74) is 1.40. The third-order valence-electron chi connectivity index (χ3n) is 2.98. The van der Waals surface area contributed by atoms with Crippen LogP contribution in [0.4, 0.5) is 10.1 Å². The first kappa shape index (κ1) is 13.0. The van der Waals surface area contributed by atoms with Crippen molar-refractivity contribution in [3.05, 3.63) is 29.6 Å². The smallest absolute Gasteiger partial charge is 0.246 e. The summed E-state index contributed by atoms with van der Waals surface area (Å²) in [6, 6.07) is 3.94. The number of hydrogen-bond acceptors (Lipinski definition) is 3. The molecule has 1 amide bonds. The minimum Gasteiger partial charge on any atom is -0.324 e. The maximum absolute atomic E-state index is 13.2. The number of carbonyl (C=O) groups excluding carboxylic acids is 1. The standard InChI is InChI=1S/C13H18FN3O/c1-17(2)7-3-6-15-12-10-8-9(14)4-5-11(10)16-13(12)18/h4-5,8,12,15H,3,6-7H2,1-2H3,(H,16,18). The second-order valence-electron chi connectivity index (χ2n) is 4.76. The van der Waals surface area contributed by atoms with Crippen LogP contribution in [0.2, 0.25) is 0 Å². The summed E-state index contributed by atoms with van der Waals surface area (Å²) >= 11 is 0. The summed E-state index contributed by atoms with van der Waals surface area (Å²) in [5.74, 6) is -0.425. The van der Waals surface area contributed by atoms with Crippen LogP contribution in [0.15, 0.2) is 18.2 Å². The van der Waals surface area contributed by atoms with E-state index in [0.29, 0.717) is 11.3 Å². The maximum atomic E-state index is 13.2. The number of benzene rings is 1. The van der Waals surface area contributed by atoms with Gasteiger partial charge in [-0.1, -0.05) is 0 Å². The van der Waals surface area contributed by atoms with Gasteiger partial charge in [0.2, 0.25) is 5.91 Å². The molecule has 4 nitrogen and oxygen atoms in total. The van der Waals surface area contributed by atoms with E-state index in [0.717, 1.165) is 19.5 Å². The van der Waals surface area contributed by atoms with Crippen molar-refractivity contribution in [2.45, 2.75) is 12.5 Å². The highest BCUT2D eigenvalue weighted by Gasteiger charge is 2.30. The molecule has 0 bridgehead atoms. The molecule has 5 heteroatoms. The van der Waals surface area contributed by atoms with Crippen LogP contribution in [0.1, 0.15) is 18.0 Å². The highest BCUT2D eigenvalue weighted by Crippen LogP contribution is 2.30. The van der Waals surface area contributed by atoms with Crippen LogP contribution in [0.25, 0.3) is 0 Å². The van der Waals surface area contributed by atoms with Gasteiger partial charge in [-0.2, -0.15) is 0 Å². The predicted molar refractivity (Wildman–Crippen MR) is 68.9 cm³/mol. The Hall–Kier alpha value is -1.46. The molecule has 18 heavy (non-hydrogen) atoms. The number of nitrogens with one attached hydrogen (secondary N) is 2. The van der Waals surface area contributed by atoms with Crippen LogP contribution in [0.5, 0.6) is 0 Å². The summed E-state index contributed by atoms with van der Waals surface area (Å²) < 4.78 is 13.2. The van der Waals surface area contributed by atoms with Crippen LogP contribution in [-0.2, 0) is 4.79 Å². The first-order valence-electron chi connectivity index (χ1n) is 6.06. The molecular weight excluding hydrogens is 233 g/mol. The van der Waals surface area contributed by atoms with Crippen molar-refractivity contribution in [2.75, 3.05) is 32.5 Å². The van der Waals surface area contributed by atoms with Crippen LogP contribution in [0, 0.1) is 5.82 Å². The molecule has 0 saturated carbocycles. The molecule has 1 aliphatic heterocycles. The average molecular weight is 251 g/mol. The fourth-order valence-corrected chi connectivity index (χ4v) is 2.08. The molecule has 98 valence electrons. The normalized spacial score (nSPS) is 18.0. The Morgan fingerprint density at radius 1 is 1.44 bits per heavy atom. The van der Waals surface area contributed by atoms with Gasteiger partial charge >= 0.3 is 0 Å². The molecule has 1 atom stereocenters. The topological polar surface area (TPSA) is 44.4 Å². The molecule has 0 saturated heterocycles. The van der Waals surface area contributed by atoms with Gasteiger partial charge in [-0.3, -0.25) is 4.79 Å². The Balaban J connectivity index is 1.97. The predicted octanol–water partition coefficient (Wildman–Crippen LogP) is 1.36. The zero-order valence-electron chi connectivity index (χ0n) is 10.7. The zero-order valence-corrected chi connectivity index (χ0v) is 10.7. The van der Waals surface area contributed by atoms with Crippen molar-refractivity contribution in [2.24, 2.45) is 0 Å². The second-order valence-corrected chi connectivity index (χ2v) is 4.76. The van der Waals surface area contributed by atoms with E-state index in [1.807, 2.05) is 14.1 Å². The van der Waals surface area contributed by atoms with E-state index in [1.165, 1.54) is 12.1 Å². The van der Waals surface area contributed by atoms with Gasteiger partial charge in [0.1, 0.15) is 11.9 Å². The van der Waals surface area contributed by atoms with Gasteiger partial charge in [0.25, 0.3) is 0 Å². The molecule has 0 aromatic heterocycles. The molecule has 0 fully saturated rings. The third-order valence-corrected chi connectivity index (χ3v) is 2.98. The van der Waals surface area contributed by atoms with E-state index in [2.05, 4.69) is 15.5 Å². The van der Waals surface area contributed by atoms with E-state index >= 15 is 0 Å². The third kappa shape index (κ3) is 2.86. The van der Waals surface area contributed by atoms with Crippen molar-refractivity contribution in [1.82, 2.24) is 10.2 Å². The summed E-state index contributed by atoms with van der Waals surface area (Å²) in [6.07, 6.45) is 0.946. The lowest BCUT2D eigenvalue weighted by Gasteiger charge is -2.13. The Bertz CT molecular complexity index is 448. The van der Waals surface area contributed by atoms with E-state index in [9.17, 15) is 9.18 Å². The van der Waals surface area contributed by atoms with Crippen molar-refractivity contribution >= 4 is 11.6 Å².